The van der Waals surface area contributed by atoms with E-state index in [1.54, 1.807) is 22.7 Å². The molecule has 0 bridgehead atoms. The number of thiophene rings is 2. The van der Waals surface area contributed by atoms with Gasteiger partial charge < -0.3 is 10.4 Å². The largest absolute Gasteiger partial charge is 0.383 e. The number of rotatable bonds is 5. The maximum absolute atomic E-state index is 12.6. The van der Waals surface area contributed by atoms with Crippen LogP contribution < -0.4 is 5.32 Å². The predicted octanol–water partition coefficient (Wildman–Crippen LogP) is 4.11. The normalized spacial score (nSPS) is 19.1. The summed E-state index contributed by atoms with van der Waals surface area (Å²) in [4.78, 5) is 17.1. The molecule has 2 aromatic heterocycles. The number of thioether (sulfide) groups is 1. The molecule has 0 aliphatic carbocycles. The van der Waals surface area contributed by atoms with Crippen LogP contribution in [0.25, 0.3) is 0 Å². The van der Waals surface area contributed by atoms with Gasteiger partial charge in [-0.3, -0.25) is 9.69 Å². The maximum atomic E-state index is 12.6. The minimum Gasteiger partial charge on any atom is -0.383 e. The Bertz CT molecular complexity index is 751. The van der Waals surface area contributed by atoms with Crippen molar-refractivity contribution in [1.29, 1.82) is 0 Å². The van der Waals surface area contributed by atoms with E-state index in [1.807, 2.05) is 29.3 Å². The number of nitrogens with zero attached hydrogens (tertiary/aromatic N) is 1. The van der Waals surface area contributed by atoms with Crippen molar-refractivity contribution in [1.82, 2.24) is 4.90 Å². The molecular formula is C19H24N2O2S3. The van der Waals surface area contributed by atoms with Gasteiger partial charge in [-0.15, -0.1) is 22.7 Å². The van der Waals surface area contributed by atoms with Crippen LogP contribution in [0.3, 0.4) is 0 Å². The van der Waals surface area contributed by atoms with Crippen LogP contribution >= 0.6 is 34.4 Å². The van der Waals surface area contributed by atoms with E-state index in [4.69, 9.17) is 0 Å². The zero-order valence-electron chi connectivity index (χ0n) is 14.7. The highest BCUT2D eigenvalue weighted by atomic mass is 32.2. The molecule has 2 aliphatic heterocycles. The van der Waals surface area contributed by atoms with Crippen LogP contribution in [0, 0.1) is 0 Å². The molecule has 0 spiro atoms. The van der Waals surface area contributed by atoms with Gasteiger partial charge in [-0.05, 0) is 55.1 Å². The second kappa shape index (κ2) is 8.44. The van der Waals surface area contributed by atoms with Crippen LogP contribution in [-0.4, -0.2) is 41.3 Å². The summed E-state index contributed by atoms with van der Waals surface area (Å²) in [6, 6.07) is 3.93. The minimum atomic E-state index is -0.650. The molecule has 4 heterocycles. The summed E-state index contributed by atoms with van der Waals surface area (Å²) < 4.78 is 0. The molecule has 7 heteroatoms. The summed E-state index contributed by atoms with van der Waals surface area (Å²) in [6.07, 6.45) is 3.95. The first-order valence-electron chi connectivity index (χ1n) is 9.18. The van der Waals surface area contributed by atoms with Crippen molar-refractivity contribution in [2.24, 2.45) is 0 Å². The molecule has 2 aliphatic rings. The first kappa shape index (κ1) is 18.5. The molecule has 1 amide bonds. The number of amides is 1. The molecule has 4 rings (SSSR count). The number of piperidine rings is 1. The number of likely N-dealkylation sites (tertiary alicyclic amines) is 1. The number of fused-ring (bicyclic) bond motifs is 1. The lowest BCUT2D eigenvalue weighted by Gasteiger charge is -2.25. The van der Waals surface area contributed by atoms with Crippen LogP contribution in [0.1, 0.15) is 46.2 Å². The Kier molecular flexibility index (Phi) is 6.00. The van der Waals surface area contributed by atoms with Gasteiger partial charge >= 0.3 is 0 Å². The number of hydrogen-bond donors (Lipinski definition) is 2. The van der Waals surface area contributed by atoms with E-state index in [0.717, 1.165) is 46.5 Å². The van der Waals surface area contributed by atoms with E-state index in [2.05, 4.69) is 10.2 Å². The Hall–Kier alpha value is -0.860. The van der Waals surface area contributed by atoms with Gasteiger partial charge in [-0.2, -0.15) is 11.8 Å². The molecule has 0 saturated carbocycles. The van der Waals surface area contributed by atoms with Crippen molar-refractivity contribution < 1.29 is 9.90 Å². The molecule has 1 unspecified atom stereocenters. The second-order valence-corrected chi connectivity index (χ2v) is 10.0. The van der Waals surface area contributed by atoms with Gasteiger partial charge in [0.05, 0.1) is 6.54 Å². The Morgan fingerprint density at radius 2 is 2.15 bits per heavy atom. The molecule has 0 radical (unpaired) electrons. The van der Waals surface area contributed by atoms with Gasteiger partial charge in [0.2, 0.25) is 5.91 Å². The summed E-state index contributed by atoms with van der Waals surface area (Å²) in [5.74, 6) is 2.10. The van der Waals surface area contributed by atoms with Crippen LogP contribution in [0.4, 0.5) is 5.00 Å². The van der Waals surface area contributed by atoms with Gasteiger partial charge in [0.25, 0.3) is 0 Å². The lowest BCUT2D eigenvalue weighted by atomic mass is 10.0. The zero-order chi connectivity index (χ0) is 17.9. The first-order valence-corrected chi connectivity index (χ1v) is 12.0. The van der Waals surface area contributed by atoms with E-state index in [0.29, 0.717) is 6.54 Å². The minimum absolute atomic E-state index is 0.0396. The number of hydrogen-bond acceptors (Lipinski definition) is 6. The van der Waals surface area contributed by atoms with Crippen molar-refractivity contribution in [3.8, 4) is 0 Å². The fourth-order valence-corrected chi connectivity index (χ4v) is 6.86. The van der Waals surface area contributed by atoms with Crippen molar-refractivity contribution in [2.45, 2.75) is 37.5 Å². The Morgan fingerprint density at radius 1 is 1.31 bits per heavy atom. The number of carbonyl (C=O) groups excluding carboxylic acids is 1. The average molecular weight is 409 g/mol. The van der Waals surface area contributed by atoms with E-state index >= 15 is 0 Å². The highest BCUT2D eigenvalue weighted by Gasteiger charge is 2.28. The van der Waals surface area contributed by atoms with Crippen molar-refractivity contribution in [3.63, 3.8) is 0 Å². The van der Waals surface area contributed by atoms with E-state index in [-0.39, 0.29) is 5.91 Å². The number of aliphatic hydroxyl groups excluding tert-OH is 1. The van der Waals surface area contributed by atoms with Crippen LogP contribution in [0.15, 0.2) is 17.5 Å². The first-order chi connectivity index (χ1) is 12.7. The average Bonchev–Trinajstić information content (AvgIpc) is 3.29. The monoisotopic (exact) mass is 408 g/mol. The lowest BCUT2D eigenvalue weighted by Crippen LogP contribution is -2.36. The highest BCUT2D eigenvalue weighted by molar-refractivity contribution is 7.98. The van der Waals surface area contributed by atoms with Gasteiger partial charge in [0, 0.05) is 21.1 Å². The SMILES string of the molecule is O=C(CN1CCCCC1)Nc1sc2c(c1C(O)c1cccs1)CCSC2. The third-order valence-corrected chi connectivity index (χ3v) is 8.27. The summed E-state index contributed by atoms with van der Waals surface area (Å²) in [6.45, 7) is 2.47. The van der Waals surface area contributed by atoms with Gasteiger partial charge in [-0.25, -0.2) is 0 Å². The smallest absolute Gasteiger partial charge is 0.239 e. The fraction of sp³-hybridized carbons (Fsp3) is 0.526. The summed E-state index contributed by atoms with van der Waals surface area (Å²) in [5.41, 5.74) is 2.18. The van der Waals surface area contributed by atoms with Crippen LogP contribution in [-0.2, 0) is 17.0 Å². The number of anilines is 1. The van der Waals surface area contributed by atoms with Crippen LogP contribution in [0.5, 0.6) is 0 Å². The van der Waals surface area contributed by atoms with Gasteiger partial charge in [0.15, 0.2) is 0 Å². The standard InChI is InChI=1S/C19H24N2O2S3/c22-16(11-21-7-2-1-3-8-21)20-19-17(18(23)14-5-4-9-25-14)13-6-10-24-12-15(13)26-19/h4-5,9,18,23H,1-3,6-8,10-12H2,(H,20,22). The molecule has 26 heavy (non-hydrogen) atoms. The van der Waals surface area contributed by atoms with Gasteiger partial charge in [0.1, 0.15) is 11.1 Å². The number of carbonyl (C=O) groups is 1. The van der Waals surface area contributed by atoms with Crippen molar-refractivity contribution in [3.05, 3.63) is 38.4 Å². The topological polar surface area (TPSA) is 52.6 Å². The number of aliphatic hydroxyl groups is 1. The third-order valence-electron chi connectivity index (χ3n) is 5.02. The Morgan fingerprint density at radius 3 is 2.92 bits per heavy atom. The predicted molar refractivity (Wildman–Crippen MR) is 111 cm³/mol. The zero-order valence-corrected chi connectivity index (χ0v) is 17.2. The molecule has 0 aromatic carbocycles. The van der Waals surface area contributed by atoms with E-state index in [1.165, 1.54) is 29.7 Å². The Balaban J connectivity index is 1.56. The molecule has 1 saturated heterocycles. The molecule has 1 fully saturated rings. The molecular weight excluding hydrogens is 384 g/mol. The van der Waals surface area contributed by atoms with Crippen molar-refractivity contribution in [2.75, 3.05) is 30.7 Å². The quantitative estimate of drug-likeness (QED) is 0.782. The summed E-state index contributed by atoms with van der Waals surface area (Å²) in [7, 11) is 0. The molecule has 140 valence electrons. The van der Waals surface area contributed by atoms with Crippen LogP contribution in [0.2, 0.25) is 0 Å². The molecule has 2 aromatic rings. The van der Waals surface area contributed by atoms with Gasteiger partial charge in [-0.1, -0.05) is 12.5 Å². The second-order valence-electron chi connectivity index (χ2n) is 6.85. The summed E-state index contributed by atoms with van der Waals surface area (Å²) in [5, 5.41) is 17.0. The maximum Gasteiger partial charge on any atom is 0.239 e. The Labute approximate surface area is 166 Å². The fourth-order valence-electron chi connectivity index (χ4n) is 3.71. The number of nitrogens with one attached hydrogen (secondary N) is 1. The third kappa shape index (κ3) is 4.02. The molecule has 4 nitrogen and oxygen atoms in total. The van der Waals surface area contributed by atoms with E-state index in [9.17, 15) is 9.90 Å². The molecule has 2 N–H and O–H groups in total. The lowest BCUT2D eigenvalue weighted by molar-refractivity contribution is -0.117. The summed E-state index contributed by atoms with van der Waals surface area (Å²) >= 11 is 5.14. The highest BCUT2D eigenvalue weighted by Crippen LogP contribution is 2.44. The molecule has 1 atom stereocenters. The van der Waals surface area contributed by atoms with Crippen molar-refractivity contribution >= 4 is 45.3 Å². The van der Waals surface area contributed by atoms with E-state index < -0.39 is 6.10 Å².